The van der Waals surface area contributed by atoms with E-state index in [1.165, 1.54) is 6.20 Å². The van der Waals surface area contributed by atoms with E-state index in [0.717, 1.165) is 16.8 Å². The van der Waals surface area contributed by atoms with Gasteiger partial charge in [0.1, 0.15) is 5.02 Å². The molecule has 9 heteroatoms. The Bertz CT molecular complexity index is 819. The number of pyridine rings is 1. The minimum atomic E-state index is -4.50. The largest absolute Gasteiger partial charge is 0.417 e. The maximum absolute atomic E-state index is 12.5. The average molecular weight is 343 g/mol. The first-order valence-corrected chi connectivity index (χ1v) is 6.67. The second kappa shape index (κ2) is 6.71. The molecule has 0 radical (unpaired) electrons. The van der Waals surface area contributed by atoms with E-state index in [1.54, 1.807) is 6.92 Å². The normalized spacial score (nSPS) is 10.8. The van der Waals surface area contributed by atoms with Crippen LogP contribution in [-0.4, -0.2) is 21.3 Å². The molecule has 120 valence electrons. The molecule has 0 saturated carbocycles. The SMILES string of the molecule is CC#CCNc1cnn(-c2ccc(C(F)(F)F)cn2)c(=O)c1Cl. The summed E-state index contributed by atoms with van der Waals surface area (Å²) >= 11 is 5.94. The van der Waals surface area contributed by atoms with Gasteiger partial charge in [-0.3, -0.25) is 4.79 Å². The summed E-state index contributed by atoms with van der Waals surface area (Å²) in [6.07, 6.45) is -2.60. The molecule has 0 aliphatic carbocycles. The molecule has 23 heavy (non-hydrogen) atoms. The molecule has 0 atom stereocenters. The molecule has 0 bridgehead atoms. The van der Waals surface area contributed by atoms with Crippen LogP contribution in [0.25, 0.3) is 5.82 Å². The van der Waals surface area contributed by atoms with Crippen LogP contribution in [0.4, 0.5) is 18.9 Å². The standard InChI is InChI=1S/C14H10ClF3N4O/c1-2-3-6-19-10-8-21-22(13(23)12(10)15)11-5-4-9(7-20-11)14(16,17)18/h4-5,7-8,19H,6H2,1H3. The fourth-order valence-electron chi connectivity index (χ4n) is 1.63. The van der Waals surface area contributed by atoms with Crippen LogP contribution in [0.3, 0.4) is 0 Å². The van der Waals surface area contributed by atoms with Crippen LogP contribution < -0.4 is 10.9 Å². The Kier molecular flexibility index (Phi) is 4.91. The van der Waals surface area contributed by atoms with Crippen LogP contribution in [-0.2, 0) is 6.18 Å². The van der Waals surface area contributed by atoms with E-state index in [0.29, 0.717) is 6.20 Å². The maximum Gasteiger partial charge on any atom is 0.417 e. The van der Waals surface area contributed by atoms with Gasteiger partial charge >= 0.3 is 6.18 Å². The Morgan fingerprint density at radius 1 is 1.35 bits per heavy atom. The van der Waals surface area contributed by atoms with Crippen molar-refractivity contribution in [1.29, 1.82) is 0 Å². The van der Waals surface area contributed by atoms with Crippen molar-refractivity contribution in [3.8, 4) is 17.7 Å². The Hall–Kier alpha value is -2.53. The quantitative estimate of drug-likeness (QED) is 0.871. The summed E-state index contributed by atoms with van der Waals surface area (Å²) < 4.78 is 38.3. The number of rotatable bonds is 3. The second-order valence-electron chi connectivity index (χ2n) is 4.27. The number of nitrogens with zero attached hydrogens (tertiary/aromatic N) is 3. The van der Waals surface area contributed by atoms with Crippen LogP contribution in [0.2, 0.25) is 5.02 Å². The minimum absolute atomic E-state index is 0.0650. The van der Waals surface area contributed by atoms with Gasteiger partial charge in [-0.1, -0.05) is 17.5 Å². The molecule has 0 aliphatic rings. The molecule has 0 amide bonds. The van der Waals surface area contributed by atoms with E-state index in [4.69, 9.17) is 11.6 Å². The lowest BCUT2D eigenvalue weighted by Crippen LogP contribution is -2.23. The molecule has 0 spiro atoms. The van der Waals surface area contributed by atoms with Crippen molar-refractivity contribution in [1.82, 2.24) is 14.8 Å². The number of nitrogens with one attached hydrogen (secondary N) is 1. The molecule has 1 N–H and O–H groups in total. The van der Waals surface area contributed by atoms with Crippen molar-refractivity contribution < 1.29 is 13.2 Å². The summed E-state index contributed by atoms with van der Waals surface area (Å²) in [5.74, 6) is 5.34. The number of hydrogen-bond acceptors (Lipinski definition) is 4. The van der Waals surface area contributed by atoms with Crippen LogP contribution in [0.5, 0.6) is 0 Å². The van der Waals surface area contributed by atoms with Crippen molar-refractivity contribution >= 4 is 17.3 Å². The zero-order chi connectivity index (χ0) is 17.0. The lowest BCUT2D eigenvalue weighted by molar-refractivity contribution is -0.137. The highest BCUT2D eigenvalue weighted by molar-refractivity contribution is 6.32. The average Bonchev–Trinajstić information content (AvgIpc) is 2.51. The van der Waals surface area contributed by atoms with Crippen LogP contribution in [0.15, 0.2) is 29.3 Å². The molecule has 2 rings (SSSR count). The highest BCUT2D eigenvalue weighted by Crippen LogP contribution is 2.28. The zero-order valence-corrected chi connectivity index (χ0v) is 12.5. The third kappa shape index (κ3) is 3.81. The smallest absolute Gasteiger partial charge is 0.371 e. The first kappa shape index (κ1) is 16.8. The first-order valence-electron chi connectivity index (χ1n) is 6.29. The van der Waals surface area contributed by atoms with Crippen molar-refractivity contribution in [2.45, 2.75) is 13.1 Å². The Labute approximate surface area is 134 Å². The maximum atomic E-state index is 12.5. The van der Waals surface area contributed by atoms with Gasteiger partial charge in [0, 0.05) is 6.20 Å². The van der Waals surface area contributed by atoms with Gasteiger partial charge in [-0.2, -0.15) is 23.0 Å². The summed E-state index contributed by atoms with van der Waals surface area (Å²) in [4.78, 5) is 15.7. The first-order chi connectivity index (χ1) is 10.8. The molecule has 0 saturated heterocycles. The fraction of sp³-hybridized carbons (Fsp3) is 0.214. The third-order valence-corrected chi connectivity index (χ3v) is 3.12. The zero-order valence-electron chi connectivity index (χ0n) is 11.8. The van der Waals surface area contributed by atoms with E-state index in [1.807, 2.05) is 0 Å². The van der Waals surface area contributed by atoms with Gasteiger partial charge in [0.05, 0.1) is 24.0 Å². The highest BCUT2D eigenvalue weighted by Gasteiger charge is 2.30. The molecule has 0 aliphatic heterocycles. The molecule has 2 heterocycles. The van der Waals surface area contributed by atoms with Gasteiger partial charge in [0.25, 0.3) is 5.56 Å². The lowest BCUT2D eigenvalue weighted by Gasteiger charge is -2.09. The molecular formula is C14H10ClF3N4O. The third-order valence-electron chi connectivity index (χ3n) is 2.76. The Morgan fingerprint density at radius 2 is 2.09 bits per heavy atom. The van der Waals surface area contributed by atoms with Crippen molar-refractivity contribution in [2.75, 3.05) is 11.9 Å². The summed E-state index contributed by atoms with van der Waals surface area (Å²) in [7, 11) is 0. The van der Waals surface area contributed by atoms with Gasteiger partial charge in [0.15, 0.2) is 5.82 Å². The van der Waals surface area contributed by atoms with E-state index in [2.05, 4.69) is 27.2 Å². The lowest BCUT2D eigenvalue weighted by atomic mass is 10.3. The molecular weight excluding hydrogens is 333 g/mol. The summed E-state index contributed by atoms with van der Waals surface area (Å²) in [5.41, 5.74) is -1.34. The van der Waals surface area contributed by atoms with Crippen molar-refractivity contribution in [3.05, 3.63) is 45.5 Å². The molecule has 5 nitrogen and oxygen atoms in total. The number of anilines is 1. The number of halogens is 4. The van der Waals surface area contributed by atoms with E-state index in [-0.39, 0.29) is 23.1 Å². The van der Waals surface area contributed by atoms with E-state index < -0.39 is 17.3 Å². The molecule has 2 aromatic rings. The van der Waals surface area contributed by atoms with Gasteiger partial charge in [-0.05, 0) is 19.1 Å². The Balaban J connectivity index is 2.35. The molecule has 0 unspecified atom stereocenters. The van der Waals surface area contributed by atoms with Crippen LogP contribution >= 0.6 is 11.6 Å². The van der Waals surface area contributed by atoms with Gasteiger partial charge in [-0.25, -0.2) is 4.98 Å². The molecule has 0 fully saturated rings. The summed E-state index contributed by atoms with van der Waals surface area (Å²) in [6, 6.07) is 1.86. The number of hydrogen-bond donors (Lipinski definition) is 1. The molecule has 2 aromatic heterocycles. The highest BCUT2D eigenvalue weighted by atomic mass is 35.5. The van der Waals surface area contributed by atoms with Gasteiger partial charge < -0.3 is 5.32 Å². The van der Waals surface area contributed by atoms with Crippen LogP contribution in [0, 0.1) is 11.8 Å². The van der Waals surface area contributed by atoms with Gasteiger partial charge in [-0.15, -0.1) is 5.92 Å². The van der Waals surface area contributed by atoms with Crippen LogP contribution in [0.1, 0.15) is 12.5 Å². The summed E-state index contributed by atoms with van der Waals surface area (Å²) in [5, 5.41) is 6.50. The van der Waals surface area contributed by atoms with Crippen molar-refractivity contribution in [3.63, 3.8) is 0 Å². The topological polar surface area (TPSA) is 59.8 Å². The predicted octanol–water partition coefficient (Wildman–Crippen LogP) is 2.73. The second-order valence-corrected chi connectivity index (χ2v) is 4.65. The minimum Gasteiger partial charge on any atom is -0.371 e. The molecule has 0 aromatic carbocycles. The number of alkyl halides is 3. The van der Waals surface area contributed by atoms with Crippen molar-refractivity contribution in [2.24, 2.45) is 0 Å². The predicted molar refractivity (Wildman–Crippen MR) is 79.6 cm³/mol. The summed E-state index contributed by atoms with van der Waals surface area (Å²) in [6.45, 7) is 1.94. The fourth-order valence-corrected chi connectivity index (χ4v) is 1.82. The van der Waals surface area contributed by atoms with E-state index in [9.17, 15) is 18.0 Å². The Morgan fingerprint density at radius 3 is 2.65 bits per heavy atom. The van der Waals surface area contributed by atoms with Gasteiger partial charge in [0.2, 0.25) is 0 Å². The monoisotopic (exact) mass is 342 g/mol. The number of aromatic nitrogens is 3. The van der Waals surface area contributed by atoms with E-state index >= 15 is 0 Å².